The molecule has 0 fully saturated rings. The Morgan fingerprint density at radius 2 is 1.67 bits per heavy atom. The van der Waals surface area contributed by atoms with Crippen molar-refractivity contribution >= 4 is 29.0 Å². The van der Waals surface area contributed by atoms with Gasteiger partial charge in [-0.25, -0.2) is 13.6 Å². The minimum Gasteiger partial charge on any atom is -0.491 e. The Hall–Kier alpha value is -3.53. The van der Waals surface area contributed by atoms with E-state index in [0.29, 0.717) is 41.0 Å². The molecule has 0 saturated heterocycles. The average Bonchev–Trinajstić information content (AvgIpc) is 3.20. The number of aromatic nitrogens is 2. The highest BCUT2D eigenvalue weighted by Crippen LogP contribution is 2.51. The van der Waals surface area contributed by atoms with Crippen LogP contribution < -0.4 is 24.8 Å². The lowest BCUT2D eigenvalue weighted by Gasteiger charge is -2.23. The highest BCUT2D eigenvalue weighted by molar-refractivity contribution is 6.33. The van der Waals surface area contributed by atoms with Gasteiger partial charge in [-0.1, -0.05) is 11.6 Å². The van der Waals surface area contributed by atoms with Crippen LogP contribution in [0.4, 0.5) is 25.0 Å². The molecule has 36 heavy (non-hydrogen) atoms. The van der Waals surface area contributed by atoms with E-state index in [9.17, 15) is 13.6 Å². The number of carbonyl (C=O) groups excluding carboxylic acids is 1. The van der Waals surface area contributed by atoms with Gasteiger partial charge >= 0.3 is 6.03 Å². The third kappa shape index (κ3) is 5.81. The van der Waals surface area contributed by atoms with E-state index in [1.807, 2.05) is 27.7 Å². The molecule has 0 bridgehead atoms. The monoisotopic (exact) mass is 522 g/mol. The number of anilines is 2. The molecule has 3 aromatic rings. The van der Waals surface area contributed by atoms with E-state index in [-0.39, 0.29) is 29.8 Å². The molecule has 1 heterocycles. The van der Waals surface area contributed by atoms with Gasteiger partial charge in [0.25, 0.3) is 0 Å². The predicted octanol–water partition coefficient (Wildman–Crippen LogP) is 6.90. The van der Waals surface area contributed by atoms with Crippen molar-refractivity contribution in [3.05, 3.63) is 47.1 Å². The van der Waals surface area contributed by atoms with E-state index in [0.717, 1.165) is 12.1 Å². The first-order valence-electron chi connectivity index (χ1n) is 11.6. The maximum atomic E-state index is 13.6. The normalized spacial score (nSPS) is 10.9. The van der Waals surface area contributed by atoms with Crippen molar-refractivity contribution in [1.82, 2.24) is 9.78 Å². The van der Waals surface area contributed by atoms with E-state index < -0.39 is 17.7 Å². The average molecular weight is 523 g/mol. The Bertz CT molecular complexity index is 1230. The number of nitrogens with one attached hydrogen (secondary N) is 2. The molecular formula is C25H29ClF2N4O4. The van der Waals surface area contributed by atoms with E-state index in [4.69, 9.17) is 25.8 Å². The summed E-state index contributed by atoms with van der Waals surface area (Å²) >= 11 is 6.59. The minimum atomic E-state index is -1.08. The summed E-state index contributed by atoms with van der Waals surface area (Å²) in [7, 11) is 0. The predicted molar refractivity (Wildman–Crippen MR) is 136 cm³/mol. The molecule has 11 heteroatoms. The van der Waals surface area contributed by atoms with Gasteiger partial charge in [0, 0.05) is 23.9 Å². The van der Waals surface area contributed by atoms with Crippen LogP contribution in [0, 0.1) is 11.6 Å². The molecule has 2 amide bonds. The van der Waals surface area contributed by atoms with Crippen LogP contribution >= 0.6 is 11.6 Å². The first-order valence-corrected chi connectivity index (χ1v) is 11.9. The molecule has 2 N–H and O–H groups in total. The molecule has 0 radical (unpaired) electrons. The van der Waals surface area contributed by atoms with Crippen molar-refractivity contribution in [2.45, 2.75) is 40.7 Å². The van der Waals surface area contributed by atoms with Crippen molar-refractivity contribution in [2.24, 2.45) is 0 Å². The zero-order valence-corrected chi connectivity index (χ0v) is 21.5. The van der Waals surface area contributed by atoms with Crippen LogP contribution in [0.25, 0.3) is 11.3 Å². The van der Waals surface area contributed by atoms with Gasteiger partial charge in [0.1, 0.15) is 0 Å². The maximum absolute atomic E-state index is 13.6. The molecule has 8 nitrogen and oxygen atoms in total. The van der Waals surface area contributed by atoms with Gasteiger partial charge in [-0.2, -0.15) is 5.10 Å². The lowest BCUT2D eigenvalue weighted by Crippen LogP contribution is -2.21. The van der Waals surface area contributed by atoms with Crippen LogP contribution in [0.15, 0.2) is 30.5 Å². The third-order valence-electron chi connectivity index (χ3n) is 4.98. The molecule has 0 unspecified atom stereocenters. The molecule has 3 rings (SSSR count). The van der Waals surface area contributed by atoms with E-state index in [1.54, 1.807) is 17.7 Å². The van der Waals surface area contributed by atoms with Crippen LogP contribution in [0.5, 0.6) is 17.2 Å². The molecule has 1 aromatic heterocycles. The summed E-state index contributed by atoms with van der Waals surface area (Å²) in [5.74, 6) is -1.07. The third-order valence-corrected chi connectivity index (χ3v) is 5.25. The van der Waals surface area contributed by atoms with Gasteiger partial charge < -0.3 is 24.8 Å². The Kier molecular flexibility index (Phi) is 8.98. The Labute approximate surface area is 213 Å². The van der Waals surface area contributed by atoms with Crippen molar-refractivity contribution in [1.29, 1.82) is 0 Å². The number of benzene rings is 2. The summed E-state index contributed by atoms with van der Waals surface area (Å²) in [5.41, 5.74) is 1.32. The zero-order valence-electron chi connectivity index (χ0n) is 20.7. The maximum Gasteiger partial charge on any atom is 0.323 e. The van der Waals surface area contributed by atoms with Crippen molar-refractivity contribution in [3.8, 4) is 28.5 Å². The van der Waals surface area contributed by atoms with Gasteiger partial charge in [0.2, 0.25) is 0 Å². The summed E-state index contributed by atoms with van der Waals surface area (Å²) in [6.07, 6.45) is 1.53. The molecule has 0 aliphatic heterocycles. The SMILES string of the molecule is CCOc1cc(NC(=O)Nc2ccc(F)c(F)c2)c(OCC)c(-c2c(Cl)cnn2C(C)C)c1OCC. The van der Waals surface area contributed by atoms with E-state index in [2.05, 4.69) is 15.7 Å². The van der Waals surface area contributed by atoms with E-state index >= 15 is 0 Å². The number of ether oxygens (including phenoxy) is 3. The molecule has 0 aliphatic carbocycles. The Balaban J connectivity index is 2.19. The number of halogens is 3. The number of rotatable bonds is 10. The molecule has 194 valence electrons. The molecule has 0 saturated carbocycles. The van der Waals surface area contributed by atoms with Crippen LogP contribution in [0.3, 0.4) is 0 Å². The second-order valence-corrected chi connectivity index (χ2v) is 8.25. The molecule has 2 aromatic carbocycles. The van der Waals surface area contributed by atoms with Gasteiger partial charge in [0.15, 0.2) is 28.9 Å². The topological polar surface area (TPSA) is 86.6 Å². The number of nitrogens with zero attached hydrogens (tertiary/aromatic N) is 2. The summed E-state index contributed by atoms with van der Waals surface area (Å²) in [6.45, 7) is 10.3. The largest absolute Gasteiger partial charge is 0.491 e. The fourth-order valence-electron chi connectivity index (χ4n) is 3.60. The summed E-state index contributed by atoms with van der Waals surface area (Å²) in [6, 6.07) is 3.88. The fraction of sp³-hybridized carbons (Fsp3) is 0.360. The number of carbonyl (C=O) groups is 1. The van der Waals surface area contributed by atoms with Gasteiger partial charge in [0.05, 0.1) is 48.0 Å². The van der Waals surface area contributed by atoms with Crippen LogP contribution in [0.1, 0.15) is 40.7 Å². The smallest absolute Gasteiger partial charge is 0.323 e. The number of urea groups is 1. The van der Waals surface area contributed by atoms with Crippen LogP contribution in [-0.2, 0) is 0 Å². The molecule has 0 atom stereocenters. The molecule has 0 spiro atoms. The zero-order chi connectivity index (χ0) is 26.4. The lowest BCUT2D eigenvalue weighted by molar-refractivity contribution is 0.261. The number of amides is 2. The summed E-state index contributed by atoms with van der Waals surface area (Å²) in [5, 5.41) is 9.96. The van der Waals surface area contributed by atoms with Crippen LogP contribution in [-0.4, -0.2) is 35.6 Å². The quantitative estimate of drug-likeness (QED) is 0.302. The van der Waals surface area contributed by atoms with Gasteiger partial charge in [-0.15, -0.1) is 0 Å². The molecule has 0 aliphatic rings. The summed E-state index contributed by atoms with van der Waals surface area (Å²) in [4.78, 5) is 12.8. The first kappa shape index (κ1) is 27.1. The van der Waals surface area contributed by atoms with Crippen molar-refractivity contribution in [3.63, 3.8) is 0 Å². The lowest BCUT2D eigenvalue weighted by atomic mass is 10.1. The Morgan fingerprint density at radius 1 is 1.00 bits per heavy atom. The number of hydrogen-bond acceptors (Lipinski definition) is 5. The van der Waals surface area contributed by atoms with Crippen molar-refractivity contribution in [2.75, 3.05) is 30.5 Å². The standard InChI is InChI=1S/C25H29ClF2N4O4/c1-6-34-20-12-19(31-25(33)30-15-9-10-17(27)18(28)11-15)23(35-7-2)21(24(20)36-8-3)22-16(26)13-29-32(22)14(4)5/h9-14H,6-8H2,1-5H3,(H2,30,31,33). The fourth-order valence-corrected chi connectivity index (χ4v) is 3.83. The minimum absolute atomic E-state index is 0.0553. The second kappa shape index (κ2) is 11.9. The summed E-state index contributed by atoms with van der Waals surface area (Å²) < 4.78 is 46.5. The highest BCUT2D eigenvalue weighted by atomic mass is 35.5. The first-order chi connectivity index (χ1) is 17.2. The van der Waals surface area contributed by atoms with Gasteiger partial charge in [-0.05, 0) is 46.8 Å². The van der Waals surface area contributed by atoms with E-state index in [1.165, 1.54) is 12.3 Å². The van der Waals surface area contributed by atoms with Crippen molar-refractivity contribution < 1.29 is 27.8 Å². The van der Waals surface area contributed by atoms with Gasteiger partial charge in [-0.3, -0.25) is 4.68 Å². The van der Waals surface area contributed by atoms with Crippen LogP contribution in [0.2, 0.25) is 5.02 Å². The molecular weight excluding hydrogens is 494 g/mol. The second-order valence-electron chi connectivity index (χ2n) is 7.84. The highest BCUT2D eigenvalue weighted by Gasteiger charge is 2.29. The number of hydrogen-bond donors (Lipinski definition) is 2. The Morgan fingerprint density at radius 3 is 2.28 bits per heavy atom.